The van der Waals surface area contributed by atoms with E-state index in [1.807, 2.05) is 4.90 Å². The van der Waals surface area contributed by atoms with Gasteiger partial charge >= 0.3 is 0 Å². The van der Waals surface area contributed by atoms with Crippen molar-refractivity contribution < 1.29 is 9.53 Å². The first-order valence-corrected chi connectivity index (χ1v) is 8.45. The van der Waals surface area contributed by atoms with Crippen LogP contribution in [0.5, 0.6) is 5.75 Å². The van der Waals surface area contributed by atoms with Crippen LogP contribution in [0.1, 0.15) is 37.0 Å². The van der Waals surface area contributed by atoms with Crippen molar-refractivity contribution >= 4 is 45.8 Å². The van der Waals surface area contributed by atoms with Crippen LogP contribution < -0.4 is 10.1 Å². The molecular formula is C15H21IN2O2S. The summed E-state index contributed by atoms with van der Waals surface area (Å²) in [6, 6.07) is 5.32. The summed E-state index contributed by atoms with van der Waals surface area (Å²) in [5.74, 6) is 0.575. The number of rotatable bonds is 6. The average molecular weight is 420 g/mol. The van der Waals surface area contributed by atoms with Crippen molar-refractivity contribution in [3.8, 4) is 5.75 Å². The van der Waals surface area contributed by atoms with Gasteiger partial charge in [-0.2, -0.15) is 0 Å². The lowest BCUT2D eigenvalue weighted by Gasteiger charge is -2.24. The van der Waals surface area contributed by atoms with Crippen molar-refractivity contribution in [3.05, 3.63) is 27.3 Å². The highest BCUT2D eigenvalue weighted by Crippen LogP contribution is 2.21. The van der Waals surface area contributed by atoms with Gasteiger partial charge in [-0.15, -0.1) is 0 Å². The molecule has 21 heavy (non-hydrogen) atoms. The molecule has 0 atom stereocenters. The molecule has 0 aliphatic heterocycles. The van der Waals surface area contributed by atoms with E-state index in [0.717, 1.165) is 35.3 Å². The van der Waals surface area contributed by atoms with Crippen LogP contribution in [0.3, 0.4) is 0 Å². The van der Waals surface area contributed by atoms with Crippen molar-refractivity contribution in [1.29, 1.82) is 0 Å². The Kier molecular flexibility index (Phi) is 7.95. The molecule has 0 spiro atoms. The Bertz CT molecular complexity index is 502. The summed E-state index contributed by atoms with van der Waals surface area (Å²) in [6.07, 6.45) is 1.99. The molecule has 0 unspecified atom stereocenters. The Hall–Kier alpha value is -0.890. The zero-order chi connectivity index (χ0) is 15.8. The molecule has 0 radical (unpaired) electrons. The summed E-state index contributed by atoms with van der Waals surface area (Å²) in [6.45, 7) is 5.90. The summed E-state index contributed by atoms with van der Waals surface area (Å²) in [4.78, 5) is 14.3. The van der Waals surface area contributed by atoms with Crippen molar-refractivity contribution in [3.63, 3.8) is 0 Å². The topological polar surface area (TPSA) is 41.6 Å². The Balaban J connectivity index is 2.75. The molecule has 0 aliphatic carbocycles. The lowest BCUT2D eigenvalue weighted by molar-refractivity contribution is 0.0973. The summed E-state index contributed by atoms with van der Waals surface area (Å²) in [5, 5.41) is 3.30. The normalized spacial score (nSPS) is 10.1. The Labute approximate surface area is 145 Å². The van der Waals surface area contributed by atoms with Gasteiger partial charge in [0.15, 0.2) is 5.11 Å². The van der Waals surface area contributed by atoms with Gasteiger partial charge in [0, 0.05) is 18.7 Å². The third-order valence-corrected chi connectivity index (χ3v) is 4.11. The summed E-state index contributed by atoms with van der Waals surface area (Å²) in [7, 11) is 1.61. The van der Waals surface area contributed by atoms with Gasteiger partial charge < -0.3 is 9.64 Å². The van der Waals surface area contributed by atoms with Crippen LogP contribution in [0, 0.1) is 3.57 Å². The molecule has 0 heterocycles. The fraction of sp³-hybridized carbons (Fsp3) is 0.467. The van der Waals surface area contributed by atoms with E-state index in [2.05, 4.69) is 41.8 Å². The van der Waals surface area contributed by atoms with Gasteiger partial charge in [0.2, 0.25) is 0 Å². The van der Waals surface area contributed by atoms with Crippen LogP contribution in [0.25, 0.3) is 0 Å². The molecule has 1 amide bonds. The lowest BCUT2D eigenvalue weighted by Crippen LogP contribution is -2.43. The zero-order valence-electron chi connectivity index (χ0n) is 12.6. The number of thiocarbonyl (C=S) groups is 1. The van der Waals surface area contributed by atoms with Gasteiger partial charge in [-0.25, -0.2) is 0 Å². The van der Waals surface area contributed by atoms with Gasteiger partial charge in [-0.1, -0.05) is 13.8 Å². The molecule has 1 N–H and O–H groups in total. The summed E-state index contributed by atoms with van der Waals surface area (Å²) < 4.78 is 6.09. The molecule has 0 aliphatic rings. The molecular weight excluding hydrogens is 399 g/mol. The monoisotopic (exact) mass is 420 g/mol. The number of halogens is 1. The van der Waals surface area contributed by atoms with E-state index >= 15 is 0 Å². The summed E-state index contributed by atoms with van der Waals surface area (Å²) in [5.41, 5.74) is 0.579. The quantitative estimate of drug-likeness (QED) is 0.566. The number of ether oxygens (including phenoxy) is 1. The number of nitrogens with one attached hydrogen (secondary N) is 1. The number of nitrogens with zero attached hydrogens (tertiary/aromatic N) is 1. The minimum Gasteiger partial charge on any atom is -0.496 e. The van der Waals surface area contributed by atoms with E-state index in [1.54, 1.807) is 25.3 Å². The maximum absolute atomic E-state index is 12.3. The van der Waals surface area contributed by atoms with Crippen LogP contribution in [-0.4, -0.2) is 36.1 Å². The highest BCUT2D eigenvalue weighted by Gasteiger charge is 2.14. The standard InChI is InChI=1S/C15H21IN2O2S/c1-4-8-18(9-5-2)15(21)17-14(19)11-6-7-13(20-3)12(16)10-11/h6-7,10H,4-5,8-9H2,1-3H3,(H,17,19,21). The van der Waals surface area contributed by atoms with E-state index in [4.69, 9.17) is 17.0 Å². The number of benzene rings is 1. The number of carbonyl (C=O) groups excluding carboxylic acids is 1. The van der Waals surface area contributed by atoms with Gasteiger partial charge in [-0.3, -0.25) is 10.1 Å². The van der Waals surface area contributed by atoms with Crippen LogP contribution in [-0.2, 0) is 0 Å². The van der Waals surface area contributed by atoms with Gasteiger partial charge in [0.05, 0.1) is 10.7 Å². The molecule has 0 fully saturated rings. The Morgan fingerprint density at radius 1 is 1.33 bits per heavy atom. The number of hydrogen-bond acceptors (Lipinski definition) is 3. The largest absolute Gasteiger partial charge is 0.496 e. The number of carbonyl (C=O) groups is 1. The molecule has 1 aromatic carbocycles. The Morgan fingerprint density at radius 2 is 1.95 bits per heavy atom. The first kappa shape index (κ1) is 18.2. The smallest absolute Gasteiger partial charge is 0.257 e. The predicted molar refractivity (Wildman–Crippen MR) is 97.9 cm³/mol. The first-order valence-electron chi connectivity index (χ1n) is 6.97. The fourth-order valence-corrected chi connectivity index (χ4v) is 2.92. The lowest BCUT2D eigenvalue weighted by atomic mass is 10.2. The number of hydrogen-bond donors (Lipinski definition) is 1. The first-order chi connectivity index (χ1) is 10.0. The second kappa shape index (κ2) is 9.19. The fourth-order valence-electron chi connectivity index (χ4n) is 1.91. The number of amides is 1. The third kappa shape index (κ3) is 5.43. The summed E-state index contributed by atoms with van der Waals surface area (Å²) >= 11 is 7.48. The second-order valence-corrected chi connectivity index (χ2v) is 6.14. The molecule has 0 bridgehead atoms. The van der Waals surface area contributed by atoms with Gasteiger partial charge in [0.25, 0.3) is 5.91 Å². The number of methoxy groups -OCH3 is 1. The molecule has 4 nitrogen and oxygen atoms in total. The van der Waals surface area contributed by atoms with E-state index in [9.17, 15) is 4.79 Å². The third-order valence-electron chi connectivity index (χ3n) is 2.91. The minimum absolute atomic E-state index is 0.183. The van der Waals surface area contributed by atoms with E-state index in [1.165, 1.54) is 0 Å². The van der Waals surface area contributed by atoms with Crippen LogP contribution in [0.2, 0.25) is 0 Å². The van der Waals surface area contributed by atoms with Crippen LogP contribution in [0.15, 0.2) is 18.2 Å². The highest BCUT2D eigenvalue weighted by molar-refractivity contribution is 14.1. The van der Waals surface area contributed by atoms with Gasteiger partial charge in [0.1, 0.15) is 5.75 Å². The molecule has 6 heteroatoms. The Morgan fingerprint density at radius 3 is 2.43 bits per heavy atom. The highest BCUT2D eigenvalue weighted by atomic mass is 127. The van der Waals surface area contributed by atoms with Crippen LogP contribution >= 0.6 is 34.8 Å². The second-order valence-electron chi connectivity index (χ2n) is 4.60. The molecule has 0 aromatic heterocycles. The average Bonchev–Trinajstić information content (AvgIpc) is 2.46. The maximum Gasteiger partial charge on any atom is 0.257 e. The van der Waals surface area contributed by atoms with E-state index in [-0.39, 0.29) is 5.91 Å². The molecule has 0 saturated carbocycles. The molecule has 116 valence electrons. The van der Waals surface area contributed by atoms with Crippen molar-refractivity contribution in [2.24, 2.45) is 0 Å². The minimum atomic E-state index is -0.183. The molecule has 0 saturated heterocycles. The van der Waals surface area contributed by atoms with E-state index < -0.39 is 0 Å². The van der Waals surface area contributed by atoms with E-state index in [0.29, 0.717) is 10.7 Å². The SMILES string of the molecule is CCCN(CCC)C(=S)NC(=O)c1ccc(OC)c(I)c1. The maximum atomic E-state index is 12.3. The predicted octanol–water partition coefficient (Wildman–Crippen LogP) is 3.44. The van der Waals surface area contributed by atoms with Crippen molar-refractivity contribution in [2.45, 2.75) is 26.7 Å². The molecule has 1 aromatic rings. The van der Waals surface area contributed by atoms with Crippen molar-refractivity contribution in [1.82, 2.24) is 10.2 Å². The van der Waals surface area contributed by atoms with Crippen molar-refractivity contribution in [2.75, 3.05) is 20.2 Å². The zero-order valence-corrected chi connectivity index (χ0v) is 15.6. The van der Waals surface area contributed by atoms with Gasteiger partial charge in [-0.05, 0) is 65.8 Å². The van der Waals surface area contributed by atoms with Crippen LogP contribution in [0.4, 0.5) is 0 Å². The molecule has 1 rings (SSSR count).